The quantitative estimate of drug-likeness (QED) is 0.233. The number of halogens is 4. The molecule has 2 aromatic carbocycles. The van der Waals surface area contributed by atoms with E-state index in [-0.39, 0.29) is 26.7 Å². The lowest BCUT2D eigenvalue weighted by atomic mass is 10.0. The summed E-state index contributed by atoms with van der Waals surface area (Å²) in [6, 6.07) is 11.3. The highest BCUT2D eigenvalue weighted by Crippen LogP contribution is 2.41. The second-order valence-electron chi connectivity index (χ2n) is 9.65. The van der Waals surface area contributed by atoms with Crippen molar-refractivity contribution in [2.45, 2.75) is 25.1 Å². The number of ether oxygens (including phenoxy) is 1. The highest BCUT2D eigenvalue weighted by molar-refractivity contribution is 8.18. The molecule has 1 aromatic heterocycles. The number of alkyl halides is 3. The van der Waals surface area contributed by atoms with Gasteiger partial charge in [0.05, 0.1) is 21.0 Å². The van der Waals surface area contributed by atoms with Crippen molar-refractivity contribution in [1.82, 2.24) is 20.5 Å². The first kappa shape index (κ1) is 29.5. The highest BCUT2D eigenvalue weighted by atomic mass is 35.5. The van der Waals surface area contributed by atoms with Crippen LogP contribution in [-0.4, -0.2) is 65.2 Å². The van der Waals surface area contributed by atoms with Crippen LogP contribution in [0.25, 0.3) is 17.0 Å². The van der Waals surface area contributed by atoms with Crippen molar-refractivity contribution in [3.63, 3.8) is 0 Å². The van der Waals surface area contributed by atoms with Gasteiger partial charge in [-0.2, -0.15) is 13.2 Å². The van der Waals surface area contributed by atoms with Crippen LogP contribution in [0.1, 0.15) is 28.8 Å². The van der Waals surface area contributed by atoms with Crippen LogP contribution in [0.5, 0.6) is 5.75 Å². The second-order valence-corrected chi connectivity index (χ2v) is 11.1. The number of esters is 1. The van der Waals surface area contributed by atoms with Crippen LogP contribution in [0.2, 0.25) is 5.02 Å². The average Bonchev–Trinajstić information content (AvgIpc) is 3.29. The first-order valence-electron chi connectivity index (χ1n) is 12.7. The van der Waals surface area contributed by atoms with Gasteiger partial charge in [0.25, 0.3) is 11.8 Å². The van der Waals surface area contributed by atoms with E-state index in [0.29, 0.717) is 18.4 Å². The largest absolute Gasteiger partial charge is 0.491 e. The Hall–Kier alpha value is -3.94. The summed E-state index contributed by atoms with van der Waals surface area (Å²) in [6.45, 7) is 1.45. The van der Waals surface area contributed by atoms with E-state index < -0.39 is 35.4 Å². The van der Waals surface area contributed by atoms with Crippen LogP contribution in [0.4, 0.5) is 18.9 Å². The minimum atomic E-state index is -5.35. The van der Waals surface area contributed by atoms with Gasteiger partial charge in [-0.15, -0.1) is 0 Å². The SMILES string of the molecule is CN1CCC(NC(=O)c2ccc(Cl)c(N=C3NC(=O)/C(=C/c4ccc5ncccc5c4)S3)c2OC(=O)C(F)(F)F)CC1. The van der Waals surface area contributed by atoms with Gasteiger partial charge in [-0.05, 0) is 86.7 Å². The smallest absolute Gasteiger partial charge is 0.417 e. The predicted molar refractivity (Wildman–Crippen MR) is 154 cm³/mol. The van der Waals surface area contributed by atoms with Gasteiger partial charge < -0.3 is 20.3 Å². The molecule has 0 aliphatic carbocycles. The fourth-order valence-electron chi connectivity index (χ4n) is 4.42. The number of nitrogens with one attached hydrogen (secondary N) is 2. The summed E-state index contributed by atoms with van der Waals surface area (Å²) in [5.41, 5.74) is 0.719. The molecule has 2 aliphatic rings. The molecule has 2 fully saturated rings. The highest BCUT2D eigenvalue weighted by Gasteiger charge is 2.42. The minimum absolute atomic E-state index is 0.0345. The van der Waals surface area contributed by atoms with Gasteiger partial charge in [0.15, 0.2) is 10.9 Å². The van der Waals surface area contributed by atoms with E-state index in [1.165, 1.54) is 6.07 Å². The van der Waals surface area contributed by atoms with Crippen LogP contribution >= 0.6 is 23.4 Å². The molecule has 0 spiro atoms. The maximum atomic E-state index is 13.2. The van der Waals surface area contributed by atoms with Gasteiger partial charge >= 0.3 is 12.1 Å². The zero-order valence-electron chi connectivity index (χ0n) is 22.0. The molecule has 14 heteroatoms. The molecular weight excluding hydrogens is 595 g/mol. The molecule has 0 saturated carbocycles. The molecule has 0 radical (unpaired) electrons. The number of carbonyl (C=O) groups excluding carboxylic acids is 3. The summed E-state index contributed by atoms with van der Waals surface area (Å²) >= 11 is 7.20. The number of aliphatic imine (C=N–C) groups is 1. The number of hydrogen-bond acceptors (Lipinski definition) is 8. The number of hydrogen-bond donors (Lipinski definition) is 2. The van der Waals surface area contributed by atoms with Gasteiger partial charge in [0, 0.05) is 17.6 Å². The number of pyridine rings is 1. The maximum Gasteiger partial charge on any atom is 0.491 e. The standard InChI is InChI=1S/C28H23ClF3N5O4S/c1-37-11-8-17(9-12-37)34-24(38)18-5-6-19(29)22(23(18)41-26(40)28(30,31)32)35-27-36-25(39)21(42-27)14-15-4-7-20-16(13-15)3-2-10-33-20/h2-7,10,13-14,17H,8-9,11-12H2,1H3,(H,34,38)(H,35,36,39)/b21-14-. The molecule has 42 heavy (non-hydrogen) atoms. The van der Waals surface area contributed by atoms with Gasteiger partial charge in [-0.1, -0.05) is 23.7 Å². The molecule has 0 bridgehead atoms. The fourth-order valence-corrected chi connectivity index (χ4v) is 5.44. The Labute approximate surface area is 247 Å². The zero-order valence-corrected chi connectivity index (χ0v) is 23.6. The molecular formula is C28H23ClF3N5O4S. The van der Waals surface area contributed by atoms with Gasteiger partial charge in [0.2, 0.25) is 0 Å². The Morgan fingerprint density at radius 3 is 2.71 bits per heavy atom. The number of benzene rings is 2. The molecule has 9 nitrogen and oxygen atoms in total. The number of carbonyl (C=O) groups is 3. The lowest BCUT2D eigenvalue weighted by molar-refractivity contribution is -0.189. The van der Waals surface area contributed by atoms with Crippen molar-refractivity contribution in [2.24, 2.45) is 4.99 Å². The van der Waals surface area contributed by atoms with Gasteiger partial charge in [0.1, 0.15) is 5.69 Å². The van der Waals surface area contributed by atoms with Crippen molar-refractivity contribution in [1.29, 1.82) is 0 Å². The normalized spacial score (nSPS) is 18.5. The number of nitrogens with zero attached hydrogens (tertiary/aromatic N) is 3. The Morgan fingerprint density at radius 1 is 1.21 bits per heavy atom. The number of fused-ring (bicyclic) bond motifs is 1. The fraction of sp³-hybridized carbons (Fsp3) is 0.250. The Kier molecular flexibility index (Phi) is 8.53. The third-order valence-corrected chi connectivity index (χ3v) is 7.81. The Bertz CT molecular complexity index is 1640. The van der Waals surface area contributed by atoms with E-state index in [4.69, 9.17) is 11.6 Å². The van der Waals surface area contributed by atoms with Crippen molar-refractivity contribution < 1.29 is 32.3 Å². The number of rotatable bonds is 5. The van der Waals surface area contributed by atoms with E-state index in [0.717, 1.165) is 41.8 Å². The Morgan fingerprint density at radius 2 is 1.98 bits per heavy atom. The van der Waals surface area contributed by atoms with Crippen molar-refractivity contribution >= 4 is 69.0 Å². The predicted octanol–water partition coefficient (Wildman–Crippen LogP) is 5.07. The van der Waals surface area contributed by atoms with E-state index in [1.54, 1.807) is 30.5 Å². The molecule has 0 unspecified atom stereocenters. The van der Waals surface area contributed by atoms with Crippen LogP contribution in [0, 0.1) is 0 Å². The number of likely N-dealkylation sites (tertiary alicyclic amines) is 1. The van der Waals surface area contributed by atoms with E-state index in [9.17, 15) is 27.6 Å². The second kappa shape index (κ2) is 12.1. The topological polar surface area (TPSA) is 113 Å². The average molecular weight is 618 g/mol. The van der Waals surface area contributed by atoms with E-state index in [2.05, 4.69) is 30.2 Å². The van der Waals surface area contributed by atoms with Gasteiger partial charge in [-0.3, -0.25) is 14.6 Å². The first-order chi connectivity index (χ1) is 20.0. The van der Waals surface area contributed by atoms with Crippen LogP contribution in [-0.2, 0) is 9.59 Å². The Balaban J connectivity index is 1.47. The molecule has 218 valence electrons. The molecule has 2 aliphatic heterocycles. The third kappa shape index (κ3) is 6.75. The monoisotopic (exact) mass is 617 g/mol. The summed E-state index contributed by atoms with van der Waals surface area (Å²) in [5, 5.41) is 5.95. The van der Waals surface area contributed by atoms with Crippen molar-refractivity contribution in [3.05, 3.63) is 69.7 Å². The number of piperidine rings is 1. The maximum absolute atomic E-state index is 13.2. The molecule has 5 rings (SSSR count). The number of amidine groups is 1. The lowest BCUT2D eigenvalue weighted by Crippen LogP contribution is -2.43. The van der Waals surface area contributed by atoms with Gasteiger partial charge in [-0.25, -0.2) is 9.79 Å². The molecule has 0 atom stereocenters. The summed E-state index contributed by atoms with van der Waals surface area (Å²) in [6.07, 6.45) is -0.798. The third-order valence-electron chi connectivity index (χ3n) is 6.60. The van der Waals surface area contributed by atoms with E-state index >= 15 is 0 Å². The van der Waals surface area contributed by atoms with Crippen molar-refractivity contribution in [3.8, 4) is 5.75 Å². The zero-order chi connectivity index (χ0) is 30.0. The molecule has 2 amide bonds. The first-order valence-corrected chi connectivity index (χ1v) is 13.9. The summed E-state index contributed by atoms with van der Waals surface area (Å²) in [4.78, 5) is 48.6. The van der Waals surface area contributed by atoms with Crippen LogP contribution in [0.15, 0.2) is 58.6 Å². The number of thioether (sulfide) groups is 1. The molecule has 2 saturated heterocycles. The number of aromatic nitrogens is 1. The summed E-state index contributed by atoms with van der Waals surface area (Å²) < 4.78 is 44.3. The molecule has 2 N–H and O–H groups in total. The van der Waals surface area contributed by atoms with Crippen LogP contribution < -0.4 is 15.4 Å². The van der Waals surface area contributed by atoms with Crippen LogP contribution in [0.3, 0.4) is 0 Å². The summed E-state index contributed by atoms with van der Waals surface area (Å²) in [7, 11) is 1.94. The number of amides is 2. The molecule has 3 heterocycles. The lowest BCUT2D eigenvalue weighted by Gasteiger charge is -2.29. The summed E-state index contributed by atoms with van der Waals surface area (Å²) in [5.74, 6) is -4.57. The van der Waals surface area contributed by atoms with Crippen molar-refractivity contribution in [2.75, 3.05) is 20.1 Å². The van der Waals surface area contributed by atoms with E-state index in [1.807, 2.05) is 19.2 Å². The molecule has 3 aromatic rings. The minimum Gasteiger partial charge on any atom is -0.417 e.